The van der Waals surface area contributed by atoms with Crippen molar-refractivity contribution in [3.8, 4) is 0 Å². The predicted octanol–water partition coefficient (Wildman–Crippen LogP) is 1.35. The highest BCUT2D eigenvalue weighted by molar-refractivity contribution is 7.86. The fraction of sp³-hybridized carbons (Fsp3) is 0.455. The zero-order chi connectivity index (χ0) is 13.3. The van der Waals surface area contributed by atoms with E-state index < -0.39 is 21.8 Å². The Balaban J connectivity index is 2.26. The molecule has 0 bridgehead atoms. The molecule has 0 spiro atoms. The molecular weight excluding hydrogens is 262 g/mol. The average molecular weight is 276 g/mol. The van der Waals surface area contributed by atoms with Gasteiger partial charge in [-0.1, -0.05) is 0 Å². The van der Waals surface area contributed by atoms with E-state index in [9.17, 15) is 17.2 Å². The van der Waals surface area contributed by atoms with Crippen LogP contribution in [-0.4, -0.2) is 25.8 Å². The number of nitrogens with zero attached hydrogens (tertiary/aromatic N) is 1. The van der Waals surface area contributed by atoms with Crippen LogP contribution in [0.4, 0.5) is 8.78 Å². The van der Waals surface area contributed by atoms with Gasteiger partial charge in [-0.25, -0.2) is 13.9 Å². The van der Waals surface area contributed by atoms with E-state index in [4.69, 9.17) is 5.14 Å². The molecule has 2 N–H and O–H groups in total. The Labute approximate surface area is 105 Å². The summed E-state index contributed by atoms with van der Waals surface area (Å²) in [5, 5.41) is 5.05. The Kier molecular flexibility index (Phi) is 3.65. The third-order valence-electron chi connectivity index (χ3n) is 3.14. The first kappa shape index (κ1) is 13.4. The Hall–Kier alpha value is -1.05. The lowest BCUT2D eigenvalue weighted by Gasteiger charge is -2.30. The first-order chi connectivity index (χ1) is 8.38. The van der Waals surface area contributed by atoms with Crippen LogP contribution in [0, 0.1) is 11.6 Å². The molecule has 1 atom stereocenters. The molecule has 0 amide bonds. The molecule has 1 aromatic carbocycles. The van der Waals surface area contributed by atoms with Gasteiger partial charge in [-0.3, -0.25) is 0 Å². The second-order valence-electron chi connectivity index (χ2n) is 4.41. The number of nitrogens with two attached hydrogens (primary N) is 1. The van der Waals surface area contributed by atoms with Gasteiger partial charge >= 0.3 is 0 Å². The van der Waals surface area contributed by atoms with Crippen LogP contribution in [0.5, 0.6) is 0 Å². The van der Waals surface area contributed by atoms with Crippen LogP contribution in [0.2, 0.25) is 0 Å². The molecule has 0 aromatic heterocycles. The molecule has 0 aliphatic carbocycles. The second-order valence-corrected chi connectivity index (χ2v) is 5.95. The van der Waals surface area contributed by atoms with Gasteiger partial charge in [0.25, 0.3) is 10.2 Å². The van der Waals surface area contributed by atoms with Crippen molar-refractivity contribution >= 4 is 10.2 Å². The summed E-state index contributed by atoms with van der Waals surface area (Å²) < 4.78 is 50.3. The smallest absolute Gasteiger partial charge is 0.216 e. The summed E-state index contributed by atoms with van der Waals surface area (Å²) in [5.41, 5.74) is 0.211. The van der Waals surface area contributed by atoms with E-state index in [2.05, 4.69) is 0 Å². The van der Waals surface area contributed by atoms with Gasteiger partial charge in [-0.2, -0.15) is 12.7 Å². The lowest BCUT2D eigenvalue weighted by atomic mass is 9.91. The molecule has 100 valence electrons. The van der Waals surface area contributed by atoms with E-state index >= 15 is 0 Å². The zero-order valence-electron chi connectivity index (χ0n) is 9.64. The van der Waals surface area contributed by atoms with Crippen molar-refractivity contribution in [1.29, 1.82) is 0 Å². The molecule has 0 radical (unpaired) electrons. The Bertz CT molecular complexity index is 548. The summed E-state index contributed by atoms with van der Waals surface area (Å²) >= 11 is 0. The molecule has 1 heterocycles. The summed E-state index contributed by atoms with van der Waals surface area (Å²) in [6.45, 7) is 0.422. The number of benzene rings is 1. The number of rotatable bonds is 2. The minimum Gasteiger partial charge on any atom is -0.216 e. The quantitative estimate of drug-likeness (QED) is 0.886. The molecule has 7 heteroatoms. The molecule has 1 aliphatic rings. The molecule has 4 nitrogen and oxygen atoms in total. The molecule has 1 saturated heterocycles. The highest BCUT2D eigenvalue weighted by atomic mass is 32.2. The largest absolute Gasteiger partial charge is 0.276 e. The molecule has 18 heavy (non-hydrogen) atoms. The number of hydrogen-bond acceptors (Lipinski definition) is 2. The predicted molar refractivity (Wildman–Crippen MR) is 63.0 cm³/mol. The normalized spacial score (nSPS) is 22.1. The maximum atomic E-state index is 13.6. The van der Waals surface area contributed by atoms with Crippen LogP contribution in [-0.2, 0) is 10.2 Å². The van der Waals surface area contributed by atoms with Gasteiger partial charge < -0.3 is 0 Å². The van der Waals surface area contributed by atoms with Crippen LogP contribution < -0.4 is 5.14 Å². The van der Waals surface area contributed by atoms with Gasteiger partial charge in [-0.15, -0.1) is 0 Å². The van der Waals surface area contributed by atoms with Crippen LogP contribution >= 0.6 is 0 Å². The summed E-state index contributed by atoms with van der Waals surface area (Å²) in [5.74, 6) is -1.40. The van der Waals surface area contributed by atoms with E-state index in [-0.39, 0.29) is 18.0 Å². The van der Waals surface area contributed by atoms with Crippen molar-refractivity contribution in [3.63, 3.8) is 0 Å². The van der Waals surface area contributed by atoms with Crippen LogP contribution in [0.25, 0.3) is 0 Å². The van der Waals surface area contributed by atoms with Gasteiger partial charge in [0, 0.05) is 19.0 Å². The monoisotopic (exact) mass is 276 g/mol. The third kappa shape index (κ3) is 2.85. The molecule has 0 saturated carbocycles. The molecule has 2 rings (SSSR count). The van der Waals surface area contributed by atoms with Gasteiger partial charge in [0.1, 0.15) is 11.6 Å². The van der Waals surface area contributed by atoms with Gasteiger partial charge in [-0.05, 0) is 36.6 Å². The van der Waals surface area contributed by atoms with Crippen molar-refractivity contribution in [3.05, 3.63) is 35.4 Å². The van der Waals surface area contributed by atoms with Crippen molar-refractivity contribution in [2.24, 2.45) is 5.14 Å². The first-order valence-corrected chi connectivity index (χ1v) is 7.11. The lowest BCUT2D eigenvalue weighted by molar-refractivity contribution is 0.311. The molecular formula is C11H14F2N2O2S. The van der Waals surface area contributed by atoms with E-state index in [0.717, 1.165) is 22.5 Å². The van der Waals surface area contributed by atoms with Crippen LogP contribution in [0.1, 0.15) is 24.3 Å². The Morgan fingerprint density at radius 3 is 2.72 bits per heavy atom. The SMILES string of the molecule is NS(=O)(=O)N1CCCC(c2cc(F)ccc2F)C1. The fourth-order valence-electron chi connectivity index (χ4n) is 2.25. The van der Waals surface area contributed by atoms with Crippen molar-refractivity contribution < 1.29 is 17.2 Å². The van der Waals surface area contributed by atoms with Gasteiger partial charge in [0.15, 0.2) is 0 Å². The summed E-state index contributed by atoms with van der Waals surface area (Å²) in [7, 11) is -3.77. The molecule has 1 aromatic rings. The van der Waals surface area contributed by atoms with E-state index in [1.807, 2.05) is 0 Å². The van der Waals surface area contributed by atoms with Crippen molar-refractivity contribution in [2.75, 3.05) is 13.1 Å². The van der Waals surface area contributed by atoms with E-state index in [0.29, 0.717) is 19.4 Å². The number of halogens is 2. The summed E-state index contributed by atoms with van der Waals surface area (Å²) in [6.07, 6.45) is 1.20. The van der Waals surface area contributed by atoms with Crippen LogP contribution in [0.3, 0.4) is 0 Å². The Morgan fingerprint density at radius 1 is 1.33 bits per heavy atom. The minimum absolute atomic E-state index is 0.0964. The highest BCUT2D eigenvalue weighted by Crippen LogP contribution is 2.29. The zero-order valence-corrected chi connectivity index (χ0v) is 10.5. The average Bonchev–Trinajstić information content (AvgIpc) is 2.31. The first-order valence-electron chi connectivity index (χ1n) is 5.61. The summed E-state index contributed by atoms with van der Waals surface area (Å²) in [6, 6.07) is 3.21. The summed E-state index contributed by atoms with van der Waals surface area (Å²) in [4.78, 5) is 0. The number of piperidine rings is 1. The van der Waals surface area contributed by atoms with Gasteiger partial charge in [0.05, 0.1) is 0 Å². The van der Waals surface area contributed by atoms with Crippen molar-refractivity contribution in [2.45, 2.75) is 18.8 Å². The molecule has 1 aliphatic heterocycles. The second kappa shape index (κ2) is 4.91. The highest BCUT2D eigenvalue weighted by Gasteiger charge is 2.28. The molecule has 1 fully saturated rings. The minimum atomic E-state index is -3.77. The topological polar surface area (TPSA) is 63.4 Å². The maximum absolute atomic E-state index is 13.6. The van der Waals surface area contributed by atoms with E-state index in [1.54, 1.807) is 0 Å². The standard InChI is InChI=1S/C11H14F2N2O2S/c12-9-3-4-11(13)10(6-9)8-2-1-5-15(7-8)18(14,16)17/h3-4,6,8H,1-2,5,7H2,(H2,14,16,17). The number of hydrogen-bond donors (Lipinski definition) is 1. The fourth-order valence-corrected chi connectivity index (χ4v) is 3.03. The van der Waals surface area contributed by atoms with Gasteiger partial charge in [0.2, 0.25) is 0 Å². The maximum Gasteiger partial charge on any atom is 0.276 e. The Morgan fingerprint density at radius 2 is 2.06 bits per heavy atom. The van der Waals surface area contributed by atoms with E-state index in [1.165, 1.54) is 0 Å². The third-order valence-corrected chi connectivity index (χ3v) is 4.19. The lowest BCUT2D eigenvalue weighted by Crippen LogP contribution is -2.42. The van der Waals surface area contributed by atoms with Crippen LogP contribution in [0.15, 0.2) is 18.2 Å². The molecule has 1 unspecified atom stereocenters. The van der Waals surface area contributed by atoms with Crippen molar-refractivity contribution in [1.82, 2.24) is 4.31 Å².